The van der Waals surface area contributed by atoms with Crippen LogP contribution in [0.2, 0.25) is 0 Å². The van der Waals surface area contributed by atoms with Crippen molar-refractivity contribution in [3.8, 4) is 0 Å². The van der Waals surface area contributed by atoms with E-state index in [1.165, 1.54) is 6.92 Å². The maximum atomic E-state index is 16.2. The second-order valence-electron chi connectivity index (χ2n) is 10.8. The molecule has 5 aromatic rings. The van der Waals surface area contributed by atoms with Gasteiger partial charge < -0.3 is 4.74 Å². The number of benzene rings is 5. The minimum atomic E-state index is -2.32. The van der Waals surface area contributed by atoms with Gasteiger partial charge in [-0.05, 0) is 39.4 Å². The molecule has 186 valence electrons. The van der Waals surface area contributed by atoms with Gasteiger partial charge in [-0.3, -0.25) is 0 Å². The summed E-state index contributed by atoms with van der Waals surface area (Å²) in [5.41, 5.74) is 0.608. The topological polar surface area (TPSA) is 26.3 Å². The average molecular weight is 491 g/mol. The van der Waals surface area contributed by atoms with Gasteiger partial charge in [0, 0.05) is 16.7 Å². The molecule has 0 aliphatic carbocycles. The Morgan fingerprint density at radius 2 is 1.05 bits per heavy atom. The largest absolute Gasteiger partial charge is 0.450 e. The Morgan fingerprint density at radius 3 is 1.54 bits per heavy atom. The van der Waals surface area contributed by atoms with Crippen molar-refractivity contribution >= 4 is 27.5 Å². The van der Waals surface area contributed by atoms with E-state index in [-0.39, 0.29) is 11.0 Å². The van der Waals surface area contributed by atoms with Crippen LogP contribution in [0.4, 0.5) is 4.39 Å². The Labute approximate surface area is 217 Å². The van der Waals surface area contributed by atoms with Crippen LogP contribution in [0.3, 0.4) is 0 Å². The third-order valence-corrected chi connectivity index (χ3v) is 7.11. The molecule has 0 bridgehead atoms. The van der Waals surface area contributed by atoms with E-state index in [2.05, 4.69) is 20.8 Å². The van der Waals surface area contributed by atoms with Gasteiger partial charge in [0.1, 0.15) is 0 Å². The SMILES string of the molecule is CC(C)(C)c1ccc([C@@](C)(F)C(=O)OC(c2cccc3ccccc23)c2cccc3ccccc23)cc1. The molecule has 0 aliphatic heterocycles. The third kappa shape index (κ3) is 4.74. The van der Waals surface area contributed by atoms with Crippen molar-refractivity contribution < 1.29 is 13.9 Å². The molecule has 0 radical (unpaired) electrons. The highest BCUT2D eigenvalue weighted by molar-refractivity contribution is 5.91. The van der Waals surface area contributed by atoms with E-state index in [4.69, 9.17) is 4.74 Å². The maximum Gasteiger partial charge on any atom is 0.349 e. The van der Waals surface area contributed by atoms with Gasteiger partial charge in [0.25, 0.3) is 0 Å². The first kappa shape index (κ1) is 24.7. The molecule has 5 aromatic carbocycles. The number of carbonyl (C=O) groups is 1. The normalized spacial score (nSPS) is 13.6. The molecule has 0 fully saturated rings. The summed E-state index contributed by atoms with van der Waals surface area (Å²) in [5, 5.41) is 3.99. The summed E-state index contributed by atoms with van der Waals surface area (Å²) in [4.78, 5) is 13.6. The van der Waals surface area contributed by atoms with Gasteiger partial charge in [0.2, 0.25) is 5.67 Å². The van der Waals surface area contributed by atoms with Crippen LogP contribution in [0, 0.1) is 0 Å². The van der Waals surface area contributed by atoms with Gasteiger partial charge in [-0.1, -0.05) is 130 Å². The summed E-state index contributed by atoms with van der Waals surface area (Å²) in [6.45, 7) is 7.59. The van der Waals surface area contributed by atoms with E-state index in [0.29, 0.717) is 0 Å². The highest BCUT2D eigenvalue weighted by Crippen LogP contribution is 2.38. The van der Waals surface area contributed by atoms with Crippen molar-refractivity contribution in [3.05, 3.63) is 131 Å². The molecule has 0 N–H and O–H groups in total. The van der Waals surface area contributed by atoms with Gasteiger partial charge in [0.15, 0.2) is 6.10 Å². The lowest BCUT2D eigenvalue weighted by molar-refractivity contribution is -0.161. The van der Waals surface area contributed by atoms with Crippen molar-refractivity contribution in [3.63, 3.8) is 0 Å². The van der Waals surface area contributed by atoms with Crippen LogP contribution >= 0.6 is 0 Å². The van der Waals surface area contributed by atoms with Gasteiger partial charge in [0.05, 0.1) is 0 Å². The van der Waals surface area contributed by atoms with E-state index < -0.39 is 17.7 Å². The minimum absolute atomic E-state index is 0.0699. The van der Waals surface area contributed by atoms with Crippen molar-refractivity contribution in [2.45, 2.75) is 44.9 Å². The molecule has 0 aromatic heterocycles. The van der Waals surface area contributed by atoms with Crippen molar-refractivity contribution in [2.75, 3.05) is 0 Å². The minimum Gasteiger partial charge on any atom is -0.450 e. The lowest BCUT2D eigenvalue weighted by Gasteiger charge is -2.27. The summed E-state index contributed by atoms with van der Waals surface area (Å²) >= 11 is 0. The number of rotatable bonds is 5. The number of esters is 1. The van der Waals surface area contributed by atoms with Crippen LogP contribution in [0.25, 0.3) is 21.5 Å². The second kappa shape index (κ2) is 9.48. The van der Waals surface area contributed by atoms with Gasteiger partial charge in [-0.15, -0.1) is 0 Å². The number of halogens is 1. The molecule has 0 amide bonds. The first-order valence-corrected chi connectivity index (χ1v) is 12.6. The zero-order chi connectivity index (χ0) is 26.2. The van der Waals surface area contributed by atoms with Crippen molar-refractivity contribution in [2.24, 2.45) is 0 Å². The number of carbonyl (C=O) groups excluding carboxylic acids is 1. The standard InChI is InChI=1S/C34H31FO2/c1-33(2,3)25-19-21-26(22-20-25)34(4,35)32(36)37-31(29-17-9-13-23-11-5-7-15-27(23)29)30-18-10-14-24-12-6-8-16-28(24)30/h5-22,31H,1-4H3/t34-/m1/s1. The second-order valence-corrected chi connectivity index (χ2v) is 10.8. The van der Waals surface area contributed by atoms with E-state index in [9.17, 15) is 4.79 Å². The molecule has 0 aliphatic rings. The molecule has 2 nitrogen and oxygen atoms in total. The number of alkyl halides is 1. The van der Waals surface area contributed by atoms with Gasteiger partial charge in [-0.25, -0.2) is 9.18 Å². The van der Waals surface area contributed by atoms with E-state index in [1.54, 1.807) is 12.1 Å². The smallest absolute Gasteiger partial charge is 0.349 e. The Hall–Kier alpha value is -3.98. The molecule has 0 spiro atoms. The van der Waals surface area contributed by atoms with E-state index in [0.717, 1.165) is 38.2 Å². The van der Waals surface area contributed by atoms with Crippen LogP contribution in [0.15, 0.2) is 109 Å². The van der Waals surface area contributed by atoms with E-state index in [1.807, 2.05) is 97.1 Å². The van der Waals surface area contributed by atoms with Crippen LogP contribution in [0.1, 0.15) is 56.1 Å². The fraction of sp³-hybridized carbons (Fsp3) is 0.206. The number of ether oxygens (including phenoxy) is 1. The average Bonchev–Trinajstić information content (AvgIpc) is 2.90. The summed E-state index contributed by atoms with van der Waals surface area (Å²) in [6.07, 6.45) is -0.784. The molecule has 5 rings (SSSR count). The zero-order valence-corrected chi connectivity index (χ0v) is 21.7. The van der Waals surface area contributed by atoms with Crippen LogP contribution in [-0.2, 0) is 20.6 Å². The van der Waals surface area contributed by atoms with E-state index >= 15 is 4.39 Å². The molecule has 37 heavy (non-hydrogen) atoms. The molecule has 1 atom stereocenters. The molecule has 0 heterocycles. The Morgan fingerprint density at radius 1 is 0.622 bits per heavy atom. The number of hydrogen-bond acceptors (Lipinski definition) is 2. The summed E-state index contributed by atoms with van der Waals surface area (Å²) in [6, 6.07) is 34.9. The molecule has 3 heteroatoms. The van der Waals surface area contributed by atoms with Gasteiger partial charge >= 0.3 is 5.97 Å². The van der Waals surface area contributed by atoms with Crippen molar-refractivity contribution in [1.29, 1.82) is 0 Å². The molecular weight excluding hydrogens is 459 g/mol. The third-order valence-electron chi connectivity index (χ3n) is 7.11. The first-order chi connectivity index (χ1) is 17.7. The zero-order valence-electron chi connectivity index (χ0n) is 21.7. The molecular formula is C34H31FO2. The Kier molecular flexibility index (Phi) is 6.33. The highest BCUT2D eigenvalue weighted by atomic mass is 19.1. The Bertz CT molecular complexity index is 1490. The van der Waals surface area contributed by atoms with Crippen molar-refractivity contribution in [1.82, 2.24) is 0 Å². The van der Waals surface area contributed by atoms with Crippen LogP contribution in [0.5, 0.6) is 0 Å². The van der Waals surface area contributed by atoms with Crippen LogP contribution in [-0.4, -0.2) is 5.97 Å². The predicted octanol–water partition coefficient (Wildman–Crippen LogP) is 8.81. The first-order valence-electron chi connectivity index (χ1n) is 12.6. The van der Waals surface area contributed by atoms with Crippen LogP contribution < -0.4 is 0 Å². The summed E-state index contributed by atoms with van der Waals surface area (Å²) < 4.78 is 22.3. The summed E-state index contributed by atoms with van der Waals surface area (Å²) in [7, 11) is 0. The lowest BCUT2D eigenvalue weighted by atomic mass is 9.85. The monoisotopic (exact) mass is 490 g/mol. The predicted molar refractivity (Wildman–Crippen MR) is 149 cm³/mol. The Balaban J connectivity index is 1.60. The maximum absolute atomic E-state index is 16.2. The quantitative estimate of drug-likeness (QED) is 0.230. The lowest BCUT2D eigenvalue weighted by Crippen LogP contribution is -2.31. The fourth-order valence-electron chi connectivity index (χ4n) is 4.87. The summed E-state index contributed by atoms with van der Waals surface area (Å²) in [5.74, 6) is -0.915. The number of hydrogen-bond donors (Lipinski definition) is 0. The fourth-order valence-corrected chi connectivity index (χ4v) is 4.87. The van der Waals surface area contributed by atoms with Gasteiger partial charge in [-0.2, -0.15) is 0 Å². The molecule has 0 saturated carbocycles. The molecule has 0 unspecified atom stereocenters. The molecule has 0 saturated heterocycles. The highest BCUT2D eigenvalue weighted by Gasteiger charge is 2.39. The number of fused-ring (bicyclic) bond motifs is 2.